The first-order valence-corrected chi connectivity index (χ1v) is 7.64. The number of hydrogen-bond acceptors (Lipinski definition) is 5. The maximum atomic E-state index is 10.8. The van der Waals surface area contributed by atoms with Crippen LogP contribution < -0.4 is 5.32 Å². The number of aromatic nitrogens is 1. The summed E-state index contributed by atoms with van der Waals surface area (Å²) >= 11 is 3.38. The number of likely N-dealkylation sites (tertiary alicyclic amines) is 1. The molecule has 1 aliphatic heterocycles. The van der Waals surface area contributed by atoms with Crippen LogP contribution >= 0.6 is 15.9 Å². The summed E-state index contributed by atoms with van der Waals surface area (Å²) in [6.45, 7) is 5.82. The van der Waals surface area contributed by atoms with Crippen LogP contribution in [0.2, 0.25) is 0 Å². The van der Waals surface area contributed by atoms with E-state index in [1.54, 1.807) is 6.92 Å². The SMILES string of the molecule is Cc1c([N+](=O)[O-])cnc(NCCN2CCCCC2)c1Br. The van der Waals surface area contributed by atoms with Crippen LogP contribution in [0.15, 0.2) is 10.7 Å². The summed E-state index contributed by atoms with van der Waals surface area (Å²) in [6.07, 6.45) is 5.19. The van der Waals surface area contributed by atoms with E-state index in [9.17, 15) is 10.1 Å². The van der Waals surface area contributed by atoms with Gasteiger partial charge in [0, 0.05) is 18.7 Å². The predicted molar refractivity (Wildman–Crippen MR) is 82.1 cm³/mol. The van der Waals surface area contributed by atoms with Gasteiger partial charge in [-0.25, -0.2) is 4.98 Å². The van der Waals surface area contributed by atoms with Crippen LogP contribution in [0.25, 0.3) is 0 Å². The van der Waals surface area contributed by atoms with Gasteiger partial charge in [0.2, 0.25) is 0 Å². The fourth-order valence-electron chi connectivity index (χ4n) is 2.39. The molecule has 20 heavy (non-hydrogen) atoms. The highest BCUT2D eigenvalue weighted by atomic mass is 79.9. The first-order valence-electron chi connectivity index (χ1n) is 6.85. The van der Waals surface area contributed by atoms with E-state index in [0.29, 0.717) is 15.9 Å². The van der Waals surface area contributed by atoms with Crippen LogP contribution in [-0.2, 0) is 0 Å². The topological polar surface area (TPSA) is 71.3 Å². The third-order valence-corrected chi connectivity index (χ3v) is 4.57. The van der Waals surface area contributed by atoms with Gasteiger partial charge in [-0.2, -0.15) is 0 Å². The van der Waals surface area contributed by atoms with Crippen LogP contribution in [0.3, 0.4) is 0 Å². The summed E-state index contributed by atoms with van der Waals surface area (Å²) in [5, 5.41) is 14.1. The Kier molecular flexibility index (Phi) is 5.31. The second-order valence-electron chi connectivity index (χ2n) is 5.02. The normalized spacial score (nSPS) is 16.1. The van der Waals surface area contributed by atoms with Crippen molar-refractivity contribution < 1.29 is 4.92 Å². The fourth-order valence-corrected chi connectivity index (χ4v) is 2.84. The van der Waals surface area contributed by atoms with Crippen molar-refractivity contribution >= 4 is 27.4 Å². The summed E-state index contributed by atoms with van der Waals surface area (Å²) in [4.78, 5) is 17.0. The largest absolute Gasteiger partial charge is 0.368 e. The molecule has 1 saturated heterocycles. The molecule has 1 aromatic heterocycles. The monoisotopic (exact) mass is 342 g/mol. The number of nitro groups is 1. The van der Waals surface area contributed by atoms with E-state index in [4.69, 9.17) is 0 Å². The number of nitrogens with zero attached hydrogens (tertiary/aromatic N) is 3. The quantitative estimate of drug-likeness (QED) is 0.657. The molecule has 0 saturated carbocycles. The lowest BCUT2D eigenvalue weighted by Crippen LogP contribution is -2.33. The van der Waals surface area contributed by atoms with Crippen molar-refractivity contribution in [2.24, 2.45) is 0 Å². The molecular formula is C13H19BrN4O2. The maximum absolute atomic E-state index is 10.8. The standard InChI is InChI=1S/C13H19BrN4O2/c1-10-11(18(19)20)9-16-13(12(10)14)15-5-8-17-6-3-2-4-7-17/h9H,2-8H2,1H3,(H,15,16). The Balaban J connectivity index is 1.92. The van der Waals surface area contributed by atoms with Gasteiger partial charge in [0.15, 0.2) is 0 Å². The minimum atomic E-state index is -0.412. The van der Waals surface area contributed by atoms with E-state index < -0.39 is 4.92 Å². The van der Waals surface area contributed by atoms with E-state index >= 15 is 0 Å². The van der Waals surface area contributed by atoms with Crippen molar-refractivity contribution in [1.29, 1.82) is 0 Å². The predicted octanol–water partition coefficient (Wildman–Crippen LogP) is 2.96. The molecule has 6 nitrogen and oxygen atoms in total. The van der Waals surface area contributed by atoms with Gasteiger partial charge in [0.05, 0.1) is 9.40 Å². The molecule has 0 unspecified atom stereocenters. The highest BCUT2D eigenvalue weighted by Gasteiger charge is 2.17. The van der Waals surface area contributed by atoms with Crippen molar-refractivity contribution in [3.63, 3.8) is 0 Å². The first-order chi connectivity index (χ1) is 9.59. The van der Waals surface area contributed by atoms with E-state index in [0.717, 1.165) is 26.2 Å². The molecule has 1 fully saturated rings. The first kappa shape index (κ1) is 15.2. The van der Waals surface area contributed by atoms with Gasteiger partial charge in [-0.05, 0) is 48.8 Å². The summed E-state index contributed by atoms with van der Waals surface area (Å²) in [5.41, 5.74) is 0.643. The number of hydrogen-bond donors (Lipinski definition) is 1. The Morgan fingerprint density at radius 2 is 2.15 bits per heavy atom. The zero-order valence-corrected chi connectivity index (χ0v) is 13.1. The van der Waals surface area contributed by atoms with Crippen LogP contribution in [0.5, 0.6) is 0 Å². The molecule has 7 heteroatoms. The molecule has 2 rings (SSSR count). The number of anilines is 1. The van der Waals surface area contributed by atoms with Crippen molar-refractivity contribution in [1.82, 2.24) is 9.88 Å². The van der Waals surface area contributed by atoms with Gasteiger partial charge < -0.3 is 10.2 Å². The van der Waals surface area contributed by atoms with Crippen molar-refractivity contribution in [2.45, 2.75) is 26.2 Å². The van der Waals surface area contributed by atoms with Crippen molar-refractivity contribution in [3.8, 4) is 0 Å². The van der Waals surface area contributed by atoms with Gasteiger partial charge in [-0.15, -0.1) is 0 Å². The van der Waals surface area contributed by atoms with Crippen LogP contribution in [0, 0.1) is 17.0 Å². The third-order valence-electron chi connectivity index (χ3n) is 3.60. The van der Waals surface area contributed by atoms with Crippen molar-refractivity contribution in [3.05, 3.63) is 26.3 Å². The van der Waals surface area contributed by atoms with E-state index in [-0.39, 0.29) is 5.69 Å². The second kappa shape index (κ2) is 6.99. The van der Waals surface area contributed by atoms with E-state index in [2.05, 4.69) is 31.1 Å². The number of pyridine rings is 1. The lowest BCUT2D eigenvalue weighted by Gasteiger charge is -2.26. The zero-order valence-electron chi connectivity index (χ0n) is 11.6. The van der Waals surface area contributed by atoms with Gasteiger partial charge in [-0.3, -0.25) is 10.1 Å². The van der Waals surface area contributed by atoms with Gasteiger partial charge in [0.1, 0.15) is 12.0 Å². The smallest absolute Gasteiger partial charge is 0.291 e. The van der Waals surface area contributed by atoms with Crippen LogP contribution in [0.4, 0.5) is 11.5 Å². The summed E-state index contributed by atoms with van der Waals surface area (Å²) in [6, 6.07) is 0. The molecule has 0 aromatic carbocycles. The summed E-state index contributed by atoms with van der Waals surface area (Å²) < 4.78 is 0.672. The maximum Gasteiger partial charge on any atom is 0.291 e. The Morgan fingerprint density at radius 1 is 1.45 bits per heavy atom. The minimum absolute atomic E-state index is 0.0402. The van der Waals surface area contributed by atoms with Crippen molar-refractivity contribution in [2.75, 3.05) is 31.5 Å². The molecule has 0 atom stereocenters. The molecule has 0 radical (unpaired) electrons. The molecule has 1 N–H and O–H groups in total. The Hall–Kier alpha value is -1.21. The van der Waals surface area contributed by atoms with E-state index in [1.165, 1.54) is 25.5 Å². The fraction of sp³-hybridized carbons (Fsp3) is 0.615. The van der Waals surface area contributed by atoms with Gasteiger partial charge in [0.25, 0.3) is 5.69 Å². The molecule has 0 amide bonds. The minimum Gasteiger partial charge on any atom is -0.368 e. The average molecular weight is 343 g/mol. The second-order valence-corrected chi connectivity index (χ2v) is 5.81. The molecule has 1 aliphatic rings. The molecule has 1 aromatic rings. The lowest BCUT2D eigenvalue weighted by atomic mass is 10.1. The highest BCUT2D eigenvalue weighted by molar-refractivity contribution is 9.10. The average Bonchev–Trinajstić information content (AvgIpc) is 2.44. The van der Waals surface area contributed by atoms with E-state index in [1.807, 2.05) is 0 Å². The molecular weight excluding hydrogens is 324 g/mol. The highest BCUT2D eigenvalue weighted by Crippen LogP contribution is 2.30. The molecule has 2 heterocycles. The summed E-state index contributed by atoms with van der Waals surface area (Å²) in [5.74, 6) is 0.671. The Labute approximate surface area is 126 Å². The third kappa shape index (κ3) is 3.67. The molecule has 110 valence electrons. The van der Waals surface area contributed by atoms with Crippen LogP contribution in [-0.4, -0.2) is 41.0 Å². The lowest BCUT2D eigenvalue weighted by molar-refractivity contribution is -0.385. The zero-order chi connectivity index (χ0) is 14.5. The Morgan fingerprint density at radius 3 is 2.80 bits per heavy atom. The van der Waals surface area contributed by atoms with Gasteiger partial charge >= 0.3 is 0 Å². The molecule has 0 aliphatic carbocycles. The summed E-state index contributed by atoms with van der Waals surface area (Å²) in [7, 11) is 0. The van der Waals surface area contributed by atoms with Gasteiger partial charge in [-0.1, -0.05) is 6.42 Å². The van der Waals surface area contributed by atoms with Crippen LogP contribution in [0.1, 0.15) is 24.8 Å². The molecule has 0 bridgehead atoms. The number of rotatable bonds is 5. The Bertz CT molecular complexity index is 490. The number of halogens is 1. The number of piperidine rings is 1. The molecule has 0 spiro atoms. The number of nitrogens with one attached hydrogen (secondary N) is 1.